The second-order valence-electron chi connectivity index (χ2n) is 7.24. The van der Waals surface area contributed by atoms with E-state index in [1.165, 1.54) is 24.0 Å². The van der Waals surface area contributed by atoms with Crippen LogP contribution in [0.4, 0.5) is 8.78 Å². The molecule has 2 aromatic carbocycles. The van der Waals surface area contributed by atoms with Crippen molar-refractivity contribution in [2.75, 3.05) is 20.2 Å². The number of rotatable bonds is 6. The maximum absolute atomic E-state index is 12.6. The first-order valence-corrected chi connectivity index (χ1v) is 10.8. The van der Waals surface area contributed by atoms with Gasteiger partial charge in [-0.05, 0) is 48.7 Å². The van der Waals surface area contributed by atoms with E-state index in [1.54, 1.807) is 29.5 Å². The molecule has 1 amide bonds. The van der Waals surface area contributed by atoms with Crippen molar-refractivity contribution in [3.63, 3.8) is 0 Å². The Morgan fingerprint density at radius 2 is 1.97 bits per heavy atom. The zero-order valence-corrected chi connectivity index (χ0v) is 17.8. The van der Waals surface area contributed by atoms with Gasteiger partial charge < -0.3 is 14.4 Å². The van der Waals surface area contributed by atoms with Crippen LogP contribution < -0.4 is 9.47 Å². The standard InChI is InChI=1S/C23H22F2N2O3S/c1-29-19-14-15(6-8-18(19)30-23(24)25)7-9-21(28)27-12-10-16(11-13-27)22-26-17-4-2-3-5-20(17)31-22/h2-9,14,16,23H,10-13H2,1H3. The molecule has 5 nitrogen and oxygen atoms in total. The predicted molar refractivity (Wildman–Crippen MR) is 117 cm³/mol. The molecule has 0 bridgehead atoms. The van der Waals surface area contributed by atoms with Crippen molar-refractivity contribution in [1.29, 1.82) is 0 Å². The first-order chi connectivity index (χ1) is 15.0. The molecule has 0 spiro atoms. The Bertz CT molecular complexity index is 1060. The summed E-state index contributed by atoms with van der Waals surface area (Å²) in [6.45, 7) is -1.58. The summed E-state index contributed by atoms with van der Waals surface area (Å²) in [6, 6.07) is 12.7. The number of piperidine rings is 1. The second kappa shape index (κ2) is 9.43. The molecule has 3 aromatic rings. The highest BCUT2D eigenvalue weighted by Crippen LogP contribution is 2.34. The molecule has 1 aliphatic rings. The minimum Gasteiger partial charge on any atom is -0.493 e. The van der Waals surface area contributed by atoms with Crippen molar-refractivity contribution in [2.24, 2.45) is 0 Å². The van der Waals surface area contributed by atoms with E-state index in [0.717, 1.165) is 23.4 Å². The number of carbonyl (C=O) groups excluding carboxylic acids is 1. The first kappa shape index (κ1) is 21.2. The van der Waals surface area contributed by atoms with Gasteiger partial charge in [0.2, 0.25) is 5.91 Å². The van der Waals surface area contributed by atoms with Crippen LogP contribution in [0.1, 0.15) is 29.3 Å². The van der Waals surface area contributed by atoms with Crippen LogP contribution in [-0.2, 0) is 4.79 Å². The fourth-order valence-corrected chi connectivity index (χ4v) is 4.80. The lowest BCUT2D eigenvalue weighted by molar-refractivity contribution is -0.126. The highest BCUT2D eigenvalue weighted by atomic mass is 32.1. The molecular weight excluding hydrogens is 422 g/mol. The fourth-order valence-electron chi connectivity index (χ4n) is 3.67. The molecule has 0 saturated carbocycles. The normalized spacial score (nSPS) is 15.2. The zero-order valence-electron chi connectivity index (χ0n) is 17.0. The number of nitrogens with zero attached hydrogens (tertiary/aromatic N) is 2. The van der Waals surface area contributed by atoms with Crippen molar-refractivity contribution in [1.82, 2.24) is 9.88 Å². The van der Waals surface area contributed by atoms with Gasteiger partial charge in [0.15, 0.2) is 11.5 Å². The van der Waals surface area contributed by atoms with Gasteiger partial charge in [-0.3, -0.25) is 4.79 Å². The average Bonchev–Trinajstić information content (AvgIpc) is 3.22. The van der Waals surface area contributed by atoms with Crippen molar-refractivity contribution < 1.29 is 23.0 Å². The molecule has 1 saturated heterocycles. The molecule has 0 unspecified atom stereocenters. The van der Waals surface area contributed by atoms with E-state index in [4.69, 9.17) is 9.72 Å². The van der Waals surface area contributed by atoms with Crippen molar-refractivity contribution in [3.8, 4) is 11.5 Å². The molecular formula is C23H22F2N2O3S. The SMILES string of the molecule is COc1cc(C=CC(=O)N2CCC(c3nc4ccccc4s3)CC2)ccc1OC(F)F. The van der Waals surface area contributed by atoms with Gasteiger partial charge >= 0.3 is 6.61 Å². The third-order valence-corrected chi connectivity index (χ3v) is 6.49. The van der Waals surface area contributed by atoms with Gasteiger partial charge in [-0.25, -0.2) is 4.98 Å². The average molecular weight is 445 g/mol. The number of hydrogen-bond donors (Lipinski definition) is 0. The molecule has 2 heterocycles. The van der Waals surface area contributed by atoms with Gasteiger partial charge in [0.25, 0.3) is 0 Å². The number of para-hydroxylation sites is 1. The fraction of sp³-hybridized carbons (Fsp3) is 0.304. The van der Waals surface area contributed by atoms with E-state index in [2.05, 4.69) is 10.8 Å². The summed E-state index contributed by atoms with van der Waals surface area (Å²) in [7, 11) is 1.38. The summed E-state index contributed by atoms with van der Waals surface area (Å²) in [5, 5.41) is 1.14. The van der Waals surface area contributed by atoms with Crippen LogP contribution in [-0.4, -0.2) is 42.6 Å². The lowest BCUT2D eigenvalue weighted by Gasteiger charge is -2.30. The van der Waals surface area contributed by atoms with E-state index >= 15 is 0 Å². The Balaban J connectivity index is 1.36. The third kappa shape index (κ3) is 5.02. The number of thiazole rings is 1. The number of alkyl halides is 2. The van der Waals surface area contributed by atoms with Crippen LogP contribution in [0.15, 0.2) is 48.5 Å². The van der Waals surface area contributed by atoms with Crippen LogP contribution in [0.2, 0.25) is 0 Å². The van der Waals surface area contributed by atoms with Gasteiger partial charge in [-0.2, -0.15) is 8.78 Å². The van der Waals surface area contributed by atoms with Crippen LogP contribution in [0.5, 0.6) is 11.5 Å². The second-order valence-corrected chi connectivity index (χ2v) is 8.30. The van der Waals surface area contributed by atoms with Gasteiger partial charge in [0.05, 0.1) is 22.3 Å². The smallest absolute Gasteiger partial charge is 0.387 e. The number of ether oxygens (including phenoxy) is 2. The van der Waals surface area contributed by atoms with Crippen molar-refractivity contribution >= 4 is 33.5 Å². The van der Waals surface area contributed by atoms with Crippen LogP contribution in [0, 0.1) is 0 Å². The summed E-state index contributed by atoms with van der Waals surface area (Å²) in [4.78, 5) is 19.2. The number of halogens is 2. The molecule has 0 radical (unpaired) electrons. The number of carbonyl (C=O) groups is 1. The Morgan fingerprint density at radius 1 is 1.19 bits per heavy atom. The van der Waals surface area contributed by atoms with E-state index in [1.807, 2.05) is 23.1 Å². The molecule has 1 fully saturated rings. The Kier molecular flexibility index (Phi) is 6.46. The van der Waals surface area contributed by atoms with E-state index < -0.39 is 6.61 Å². The van der Waals surface area contributed by atoms with E-state index in [0.29, 0.717) is 24.6 Å². The minimum atomic E-state index is -2.93. The number of methoxy groups -OCH3 is 1. The first-order valence-electron chi connectivity index (χ1n) is 9.99. The molecule has 0 atom stereocenters. The topological polar surface area (TPSA) is 51.7 Å². The Labute approximate surface area is 182 Å². The van der Waals surface area contributed by atoms with Gasteiger partial charge in [-0.1, -0.05) is 18.2 Å². The van der Waals surface area contributed by atoms with Gasteiger partial charge in [0, 0.05) is 25.1 Å². The molecule has 1 aromatic heterocycles. The monoisotopic (exact) mass is 444 g/mol. The lowest BCUT2D eigenvalue weighted by atomic mass is 9.97. The third-order valence-electron chi connectivity index (χ3n) is 5.29. The van der Waals surface area contributed by atoms with Crippen molar-refractivity contribution in [2.45, 2.75) is 25.4 Å². The van der Waals surface area contributed by atoms with Crippen LogP contribution in [0.3, 0.4) is 0 Å². The predicted octanol–water partition coefficient (Wildman–Crippen LogP) is 5.33. The summed E-state index contributed by atoms with van der Waals surface area (Å²) in [5.74, 6) is 0.441. The summed E-state index contributed by atoms with van der Waals surface area (Å²) in [5.41, 5.74) is 1.69. The molecule has 8 heteroatoms. The quantitative estimate of drug-likeness (QED) is 0.483. The number of hydrogen-bond acceptors (Lipinski definition) is 5. The minimum absolute atomic E-state index is 0.0436. The largest absolute Gasteiger partial charge is 0.493 e. The maximum Gasteiger partial charge on any atom is 0.387 e. The van der Waals surface area contributed by atoms with Crippen LogP contribution >= 0.6 is 11.3 Å². The maximum atomic E-state index is 12.6. The van der Waals surface area contributed by atoms with Crippen LogP contribution in [0.25, 0.3) is 16.3 Å². The Hall–Kier alpha value is -3.00. The molecule has 0 N–H and O–H groups in total. The number of benzene rings is 2. The lowest BCUT2D eigenvalue weighted by Crippen LogP contribution is -2.36. The van der Waals surface area contributed by atoms with Gasteiger partial charge in [-0.15, -0.1) is 11.3 Å². The molecule has 162 valence electrons. The highest BCUT2D eigenvalue weighted by molar-refractivity contribution is 7.18. The number of fused-ring (bicyclic) bond motifs is 1. The Morgan fingerprint density at radius 3 is 2.68 bits per heavy atom. The molecule has 1 aliphatic heterocycles. The van der Waals surface area contributed by atoms with E-state index in [-0.39, 0.29) is 17.4 Å². The summed E-state index contributed by atoms with van der Waals surface area (Å²) in [6.07, 6.45) is 4.91. The molecule has 0 aliphatic carbocycles. The molecule has 4 rings (SSSR count). The van der Waals surface area contributed by atoms with Gasteiger partial charge in [0.1, 0.15) is 0 Å². The zero-order chi connectivity index (χ0) is 21.8. The van der Waals surface area contributed by atoms with E-state index in [9.17, 15) is 13.6 Å². The number of aromatic nitrogens is 1. The van der Waals surface area contributed by atoms with Crippen molar-refractivity contribution in [3.05, 3.63) is 59.1 Å². The summed E-state index contributed by atoms with van der Waals surface area (Å²) < 4.78 is 35.6. The summed E-state index contributed by atoms with van der Waals surface area (Å²) >= 11 is 1.73. The number of likely N-dealkylation sites (tertiary alicyclic amines) is 1. The molecule has 31 heavy (non-hydrogen) atoms. The highest BCUT2D eigenvalue weighted by Gasteiger charge is 2.25. The number of amides is 1.